The van der Waals surface area contributed by atoms with Gasteiger partial charge in [0.2, 0.25) is 5.78 Å². The van der Waals surface area contributed by atoms with E-state index in [1.165, 1.54) is 0 Å². The van der Waals surface area contributed by atoms with Crippen LogP contribution in [-0.2, 0) is 0 Å². The van der Waals surface area contributed by atoms with Crippen LogP contribution in [0.15, 0.2) is 36.5 Å². The van der Waals surface area contributed by atoms with Crippen molar-refractivity contribution < 1.29 is 6.22 Å². The van der Waals surface area contributed by atoms with Gasteiger partial charge >= 0.3 is 0 Å². The smallest absolute Gasteiger partial charge is 0.213 e. The molecule has 2 aromatic rings. The maximum absolute atomic E-state index is 12.7. The quantitative estimate of drug-likeness (QED) is 0.876. The van der Waals surface area contributed by atoms with Gasteiger partial charge in [-0.1, -0.05) is 19.9 Å². The summed E-state index contributed by atoms with van der Waals surface area (Å²) in [5.74, 6) is 1.36. The number of piperazine rings is 1. The van der Waals surface area contributed by atoms with Crippen LogP contribution in [0.25, 0.3) is 0 Å². The van der Waals surface area contributed by atoms with Gasteiger partial charge in [-0.15, -0.1) is 0 Å². The van der Waals surface area contributed by atoms with Gasteiger partial charge in [0, 0.05) is 44.6 Å². The predicted octanol–water partition coefficient (Wildman–Crippen LogP) is 2.70. The Morgan fingerprint density at radius 2 is 2.17 bits per heavy atom. The first-order valence-corrected chi connectivity index (χ1v) is 8.48. The molecule has 0 saturated carbocycles. The monoisotopic (exact) mass is 326 g/mol. The van der Waals surface area contributed by atoms with Crippen LogP contribution >= 0.6 is 0 Å². The first-order valence-electron chi connectivity index (χ1n) is 8.48. The Morgan fingerprint density at radius 1 is 1.33 bits per heavy atom. The van der Waals surface area contributed by atoms with E-state index >= 15 is 0 Å². The lowest BCUT2D eigenvalue weighted by Crippen LogP contribution is -2.53. The van der Waals surface area contributed by atoms with Crippen molar-refractivity contribution in [3.8, 4) is 0 Å². The molecule has 1 saturated heterocycles. The van der Waals surface area contributed by atoms with Crippen LogP contribution in [0.1, 0.15) is 37.0 Å². The molecule has 1 fully saturated rings. The van der Waals surface area contributed by atoms with Crippen LogP contribution in [0.3, 0.4) is 0 Å². The number of ketones is 1. The topological polar surface area (TPSA) is 58.1 Å². The molecule has 1 atom stereocenters. The summed E-state index contributed by atoms with van der Waals surface area (Å²) in [6.07, 6.45) is 1.70. The first-order chi connectivity index (χ1) is 11.6. The number of pyridine rings is 2. The Kier molecular flexibility index (Phi) is 4.90. The van der Waals surface area contributed by atoms with Gasteiger partial charge in [-0.25, -0.2) is 4.98 Å². The van der Waals surface area contributed by atoms with E-state index < -0.39 is 0 Å². The number of aromatic nitrogens is 2. The van der Waals surface area contributed by atoms with Crippen LogP contribution in [0.5, 0.6) is 0 Å². The lowest BCUT2D eigenvalue weighted by molar-refractivity contribution is 0.103. The number of nitrogens with one attached hydrogen (secondary N) is 1. The zero-order chi connectivity index (χ0) is 17.1. The molecule has 3 heterocycles. The van der Waals surface area contributed by atoms with Crippen LogP contribution in [0.2, 0.25) is 0 Å². The number of carbonyl (C=O) groups excluding carboxylic acids is 1. The lowest BCUT2D eigenvalue weighted by atomic mass is 10.0. The third-order valence-corrected chi connectivity index (χ3v) is 4.55. The van der Waals surface area contributed by atoms with Crippen molar-refractivity contribution in [3.63, 3.8) is 0 Å². The van der Waals surface area contributed by atoms with Crippen molar-refractivity contribution in [1.29, 1.82) is 0 Å². The molecule has 0 unspecified atom stereocenters. The Hall–Kier alpha value is -2.27. The lowest BCUT2D eigenvalue weighted by Gasteiger charge is -2.36. The van der Waals surface area contributed by atoms with Gasteiger partial charge in [0.15, 0.2) is 0 Å². The molecule has 0 aromatic carbocycles. The maximum Gasteiger partial charge on any atom is 0.213 e. The third kappa shape index (κ3) is 3.46. The van der Waals surface area contributed by atoms with Gasteiger partial charge < -0.3 is 10.2 Å². The summed E-state index contributed by atoms with van der Waals surface area (Å²) in [7, 11) is 0. The highest BCUT2D eigenvalue weighted by Crippen LogP contribution is 2.18. The molecule has 5 nitrogen and oxygen atoms in total. The van der Waals surface area contributed by atoms with E-state index in [4.69, 9.17) is 0 Å². The van der Waals surface area contributed by atoms with Crippen molar-refractivity contribution in [1.82, 2.24) is 15.3 Å². The largest absolute Gasteiger partial charge is 0.354 e. The molecule has 3 rings (SSSR count). The SMILES string of the molecule is Cc1ncccc1C(=O)c1cccc(N2CCN[C@H](C(C)C)C2)n1.[HH]. The van der Waals surface area contributed by atoms with Crippen LogP contribution < -0.4 is 10.2 Å². The Balaban J connectivity index is 0.00000225. The molecule has 5 heteroatoms. The molecule has 0 amide bonds. The normalized spacial score (nSPS) is 18.0. The molecule has 24 heavy (non-hydrogen) atoms. The Morgan fingerprint density at radius 3 is 2.92 bits per heavy atom. The second-order valence-corrected chi connectivity index (χ2v) is 6.60. The van der Waals surface area contributed by atoms with E-state index in [-0.39, 0.29) is 7.21 Å². The number of nitrogens with zero attached hydrogens (tertiary/aromatic N) is 3. The van der Waals surface area contributed by atoms with Crippen molar-refractivity contribution in [2.75, 3.05) is 24.5 Å². The zero-order valence-electron chi connectivity index (χ0n) is 14.5. The fourth-order valence-corrected chi connectivity index (χ4v) is 3.02. The highest BCUT2D eigenvalue weighted by molar-refractivity contribution is 6.08. The van der Waals surface area contributed by atoms with Gasteiger partial charge in [-0.05, 0) is 37.1 Å². The van der Waals surface area contributed by atoms with Crippen molar-refractivity contribution in [3.05, 3.63) is 53.5 Å². The van der Waals surface area contributed by atoms with Gasteiger partial charge in [0.25, 0.3) is 0 Å². The van der Waals surface area contributed by atoms with Crippen LogP contribution in [0, 0.1) is 12.8 Å². The summed E-state index contributed by atoms with van der Waals surface area (Å²) in [5, 5.41) is 3.54. The highest BCUT2D eigenvalue weighted by Gasteiger charge is 2.23. The fourth-order valence-electron chi connectivity index (χ4n) is 3.02. The molecule has 1 N–H and O–H groups in total. The number of hydrogen-bond donors (Lipinski definition) is 1. The van der Waals surface area contributed by atoms with Crippen LogP contribution in [-0.4, -0.2) is 41.4 Å². The highest BCUT2D eigenvalue weighted by atomic mass is 16.1. The standard InChI is InChI=1S/C19H24N4O.H2/c1-13(2)17-12-23(11-10-21-17)18-8-4-7-16(22-18)19(24)15-6-5-9-20-14(15)3;/h4-9,13,17,21H,10-12H2,1-3H3;1H/t17-;/m0./s1. The molecule has 0 aliphatic carbocycles. The Bertz CT molecular complexity index is 735. The molecule has 0 radical (unpaired) electrons. The van der Waals surface area contributed by atoms with Crippen molar-refractivity contribution in [2.24, 2.45) is 5.92 Å². The van der Waals surface area contributed by atoms with Crippen molar-refractivity contribution >= 4 is 11.6 Å². The van der Waals surface area contributed by atoms with Crippen molar-refractivity contribution in [2.45, 2.75) is 26.8 Å². The number of carbonyl (C=O) groups is 1. The summed E-state index contributed by atoms with van der Waals surface area (Å²) < 4.78 is 0. The summed E-state index contributed by atoms with van der Waals surface area (Å²) in [5.41, 5.74) is 1.82. The Labute approximate surface area is 144 Å². The molecule has 2 aromatic heterocycles. The predicted molar refractivity (Wildman–Crippen MR) is 97.6 cm³/mol. The first kappa shape index (κ1) is 16.6. The average molecular weight is 326 g/mol. The van der Waals surface area contributed by atoms with Gasteiger partial charge in [0.1, 0.15) is 11.5 Å². The number of aryl methyl sites for hydroxylation is 1. The van der Waals surface area contributed by atoms with E-state index in [1.54, 1.807) is 24.4 Å². The third-order valence-electron chi connectivity index (χ3n) is 4.55. The molecule has 128 valence electrons. The second-order valence-electron chi connectivity index (χ2n) is 6.60. The number of anilines is 1. The summed E-state index contributed by atoms with van der Waals surface area (Å²) in [6, 6.07) is 9.70. The summed E-state index contributed by atoms with van der Waals surface area (Å²) in [6.45, 7) is 9.04. The van der Waals surface area contributed by atoms with E-state index in [0.29, 0.717) is 23.2 Å². The molecular weight excluding hydrogens is 300 g/mol. The van der Waals surface area contributed by atoms with E-state index in [1.807, 2.05) is 19.1 Å². The average Bonchev–Trinajstić information content (AvgIpc) is 2.62. The summed E-state index contributed by atoms with van der Waals surface area (Å²) >= 11 is 0. The molecule has 1 aliphatic heterocycles. The van der Waals surface area contributed by atoms with Crippen LogP contribution in [0.4, 0.5) is 5.82 Å². The summed E-state index contributed by atoms with van der Waals surface area (Å²) in [4.78, 5) is 23.8. The van der Waals surface area contributed by atoms with Gasteiger partial charge in [-0.2, -0.15) is 0 Å². The molecule has 0 spiro atoms. The van der Waals surface area contributed by atoms with E-state index in [9.17, 15) is 4.79 Å². The van der Waals surface area contributed by atoms with E-state index in [0.717, 1.165) is 31.1 Å². The molecular formula is C19H26N4O. The minimum Gasteiger partial charge on any atom is -0.354 e. The second kappa shape index (κ2) is 7.09. The van der Waals surface area contributed by atoms with E-state index in [2.05, 4.69) is 34.0 Å². The zero-order valence-corrected chi connectivity index (χ0v) is 14.5. The maximum atomic E-state index is 12.7. The van der Waals surface area contributed by atoms with Gasteiger partial charge in [0.05, 0.1) is 0 Å². The number of rotatable bonds is 4. The minimum absolute atomic E-state index is 0. The van der Waals surface area contributed by atoms with Gasteiger partial charge in [-0.3, -0.25) is 9.78 Å². The number of hydrogen-bond acceptors (Lipinski definition) is 5. The minimum atomic E-state index is -0.0713. The molecule has 0 bridgehead atoms. The fraction of sp³-hybridized carbons (Fsp3) is 0.421. The molecule has 1 aliphatic rings.